The van der Waals surface area contributed by atoms with E-state index < -0.39 is 0 Å². The van der Waals surface area contributed by atoms with E-state index in [0.717, 1.165) is 15.8 Å². The normalized spacial score (nSPS) is 9.35. The lowest BCUT2D eigenvalue weighted by Gasteiger charge is -2.07. The maximum Gasteiger partial charge on any atom is 0.234 e. The Labute approximate surface area is 116 Å². The van der Waals surface area contributed by atoms with Crippen molar-refractivity contribution < 1.29 is 9.53 Å². The lowest BCUT2D eigenvalue weighted by atomic mass is 10.2. The highest BCUT2D eigenvalue weighted by molar-refractivity contribution is 9.10. The van der Waals surface area contributed by atoms with Gasteiger partial charge in [-0.25, -0.2) is 0 Å². The van der Waals surface area contributed by atoms with Crippen LogP contribution in [-0.4, -0.2) is 26.6 Å². The average molecular weight is 324 g/mol. The molecule has 0 saturated heterocycles. The quantitative estimate of drug-likeness (QED) is 0.867. The fourth-order valence-electron chi connectivity index (χ4n) is 1.24. The Kier molecular flexibility index (Phi) is 7.95. The van der Waals surface area contributed by atoms with Crippen LogP contribution in [0.4, 0.5) is 0 Å². The summed E-state index contributed by atoms with van der Waals surface area (Å²) in [4.78, 5) is 11.2. The zero-order valence-corrected chi connectivity index (χ0v) is 12.2. The minimum atomic E-state index is -0.0190. The van der Waals surface area contributed by atoms with Gasteiger partial charge in [0.25, 0.3) is 0 Å². The lowest BCUT2D eigenvalue weighted by Crippen LogP contribution is -2.31. The molecular formula is C11H16BrClN2O2. The second-order valence-corrected chi connectivity index (χ2v) is 4.13. The fraction of sp³-hybridized carbons (Fsp3) is 0.364. The Hall–Kier alpha value is -0.780. The molecule has 1 rings (SSSR count). The van der Waals surface area contributed by atoms with Crippen LogP contribution < -0.4 is 15.4 Å². The van der Waals surface area contributed by atoms with E-state index >= 15 is 0 Å². The van der Waals surface area contributed by atoms with E-state index in [2.05, 4.69) is 26.6 Å². The van der Waals surface area contributed by atoms with E-state index in [4.69, 9.17) is 4.74 Å². The number of halogens is 2. The Bertz CT molecular complexity index is 374. The second kappa shape index (κ2) is 8.33. The van der Waals surface area contributed by atoms with Gasteiger partial charge in [-0.2, -0.15) is 0 Å². The number of hydrogen-bond donors (Lipinski definition) is 2. The molecule has 0 aliphatic rings. The van der Waals surface area contributed by atoms with Crippen molar-refractivity contribution in [3.05, 3.63) is 28.2 Å². The van der Waals surface area contributed by atoms with Crippen LogP contribution in [0.25, 0.3) is 0 Å². The van der Waals surface area contributed by atoms with Gasteiger partial charge >= 0.3 is 0 Å². The van der Waals surface area contributed by atoms with Gasteiger partial charge < -0.3 is 15.4 Å². The van der Waals surface area contributed by atoms with Gasteiger partial charge in [0, 0.05) is 6.54 Å². The highest BCUT2D eigenvalue weighted by Crippen LogP contribution is 2.25. The van der Waals surface area contributed by atoms with E-state index in [1.807, 2.05) is 18.2 Å². The fourth-order valence-corrected chi connectivity index (χ4v) is 1.83. The van der Waals surface area contributed by atoms with E-state index in [1.54, 1.807) is 14.2 Å². The number of ether oxygens (including phenoxy) is 1. The maximum absolute atomic E-state index is 11.2. The molecule has 1 amide bonds. The standard InChI is InChI=1S/C11H15BrN2O2.ClH/c1-13-7-11(15)14-6-8-3-4-10(16-2)9(12)5-8;/h3-5,13H,6-7H2,1-2H3,(H,14,15);1H. The molecule has 0 bridgehead atoms. The van der Waals surface area contributed by atoms with E-state index in [-0.39, 0.29) is 18.3 Å². The molecule has 17 heavy (non-hydrogen) atoms. The molecule has 0 radical (unpaired) electrons. The number of methoxy groups -OCH3 is 1. The number of rotatable bonds is 5. The molecule has 0 atom stereocenters. The molecule has 0 unspecified atom stereocenters. The van der Waals surface area contributed by atoms with Crippen LogP contribution in [0.1, 0.15) is 5.56 Å². The van der Waals surface area contributed by atoms with Gasteiger partial charge in [0.2, 0.25) is 5.91 Å². The minimum Gasteiger partial charge on any atom is -0.496 e. The van der Waals surface area contributed by atoms with Gasteiger partial charge in [-0.05, 0) is 40.7 Å². The first-order chi connectivity index (χ1) is 7.67. The largest absolute Gasteiger partial charge is 0.496 e. The Morgan fingerprint density at radius 2 is 2.18 bits per heavy atom. The molecule has 0 aromatic heterocycles. The number of amides is 1. The first-order valence-electron chi connectivity index (χ1n) is 4.91. The third-order valence-corrected chi connectivity index (χ3v) is 2.66. The van der Waals surface area contributed by atoms with Crippen LogP contribution in [-0.2, 0) is 11.3 Å². The van der Waals surface area contributed by atoms with E-state index in [1.165, 1.54) is 0 Å². The average Bonchev–Trinajstić information content (AvgIpc) is 2.27. The van der Waals surface area contributed by atoms with Gasteiger partial charge in [0.1, 0.15) is 5.75 Å². The zero-order valence-electron chi connectivity index (χ0n) is 9.75. The van der Waals surface area contributed by atoms with Crippen LogP contribution in [0, 0.1) is 0 Å². The van der Waals surface area contributed by atoms with Crippen molar-refractivity contribution in [1.82, 2.24) is 10.6 Å². The molecule has 6 heteroatoms. The Morgan fingerprint density at radius 3 is 2.71 bits per heavy atom. The molecule has 0 heterocycles. The van der Waals surface area contributed by atoms with E-state index in [9.17, 15) is 4.79 Å². The highest BCUT2D eigenvalue weighted by Gasteiger charge is 2.03. The van der Waals surface area contributed by atoms with Crippen LogP contribution in [0.3, 0.4) is 0 Å². The summed E-state index contributed by atoms with van der Waals surface area (Å²) in [6.07, 6.45) is 0. The summed E-state index contributed by atoms with van der Waals surface area (Å²) in [6.45, 7) is 0.848. The summed E-state index contributed by atoms with van der Waals surface area (Å²) in [5, 5.41) is 5.59. The third kappa shape index (κ3) is 5.39. The number of carbonyl (C=O) groups excluding carboxylic acids is 1. The molecule has 2 N–H and O–H groups in total. The smallest absolute Gasteiger partial charge is 0.234 e. The van der Waals surface area contributed by atoms with Gasteiger partial charge in [-0.15, -0.1) is 12.4 Å². The maximum atomic E-state index is 11.2. The molecule has 0 saturated carbocycles. The summed E-state index contributed by atoms with van der Waals surface area (Å²) >= 11 is 3.40. The molecule has 0 aliphatic carbocycles. The number of benzene rings is 1. The van der Waals surface area contributed by atoms with Gasteiger partial charge in [0.15, 0.2) is 0 Å². The molecule has 1 aromatic rings. The van der Waals surface area contributed by atoms with Crippen molar-refractivity contribution in [3.8, 4) is 5.75 Å². The van der Waals surface area contributed by atoms with Crippen molar-refractivity contribution >= 4 is 34.2 Å². The van der Waals surface area contributed by atoms with Gasteiger partial charge in [0.05, 0.1) is 18.1 Å². The van der Waals surface area contributed by atoms with Crippen LogP contribution in [0.2, 0.25) is 0 Å². The molecule has 4 nitrogen and oxygen atoms in total. The predicted molar refractivity (Wildman–Crippen MR) is 73.7 cm³/mol. The summed E-state index contributed by atoms with van der Waals surface area (Å²) in [6, 6.07) is 5.71. The lowest BCUT2D eigenvalue weighted by molar-refractivity contribution is -0.120. The third-order valence-electron chi connectivity index (χ3n) is 2.04. The molecule has 96 valence electrons. The minimum absolute atomic E-state index is 0. The SMILES string of the molecule is CNCC(=O)NCc1ccc(OC)c(Br)c1.Cl. The topological polar surface area (TPSA) is 50.4 Å². The van der Waals surface area contributed by atoms with Crippen LogP contribution in [0.15, 0.2) is 22.7 Å². The summed E-state index contributed by atoms with van der Waals surface area (Å²) in [5.41, 5.74) is 1.03. The zero-order chi connectivity index (χ0) is 12.0. The van der Waals surface area contributed by atoms with Crippen molar-refractivity contribution in [2.75, 3.05) is 20.7 Å². The number of nitrogens with one attached hydrogen (secondary N) is 2. The second-order valence-electron chi connectivity index (χ2n) is 3.28. The first-order valence-corrected chi connectivity index (χ1v) is 5.70. The summed E-state index contributed by atoms with van der Waals surface area (Å²) in [5.74, 6) is 0.764. The summed E-state index contributed by atoms with van der Waals surface area (Å²) < 4.78 is 6.00. The van der Waals surface area contributed by atoms with Gasteiger partial charge in [-0.3, -0.25) is 4.79 Å². The first kappa shape index (κ1) is 16.2. The van der Waals surface area contributed by atoms with Crippen molar-refractivity contribution in [2.45, 2.75) is 6.54 Å². The predicted octanol–water partition coefficient (Wildman–Crippen LogP) is 1.72. The Balaban J connectivity index is 0.00000256. The molecular weight excluding hydrogens is 307 g/mol. The van der Waals surface area contributed by atoms with Crippen molar-refractivity contribution in [3.63, 3.8) is 0 Å². The van der Waals surface area contributed by atoms with Crippen LogP contribution >= 0.6 is 28.3 Å². The molecule has 0 spiro atoms. The van der Waals surface area contributed by atoms with Crippen molar-refractivity contribution in [1.29, 1.82) is 0 Å². The van der Waals surface area contributed by atoms with Crippen molar-refractivity contribution in [2.24, 2.45) is 0 Å². The van der Waals surface area contributed by atoms with Gasteiger partial charge in [-0.1, -0.05) is 6.07 Å². The Morgan fingerprint density at radius 1 is 1.47 bits per heavy atom. The van der Waals surface area contributed by atoms with E-state index in [0.29, 0.717) is 13.1 Å². The molecule has 1 aromatic carbocycles. The number of likely N-dealkylation sites (N-methyl/N-ethyl adjacent to an activating group) is 1. The molecule has 0 fully saturated rings. The van der Waals surface area contributed by atoms with Crippen LogP contribution in [0.5, 0.6) is 5.75 Å². The highest BCUT2D eigenvalue weighted by atomic mass is 79.9. The molecule has 0 aliphatic heterocycles. The number of carbonyl (C=O) groups is 1. The number of hydrogen-bond acceptors (Lipinski definition) is 3. The summed E-state index contributed by atoms with van der Waals surface area (Å²) in [7, 11) is 3.36. The monoisotopic (exact) mass is 322 g/mol.